The highest BCUT2D eigenvalue weighted by Crippen LogP contribution is 2.37. The Balaban J connectivity index is 1.40. The lowest BCUT2D eigenvalue weighted by Crippen LogP contribution is -2.47. The first-order chi connectivity index (χ1) is 12.9. The minimum atomic E-state index is 0.272. The van der Waals surface area contributed by atoms with Gasteiger partial charge in [-0.05, 0) is 63.9 Å². The van der Waals surface area contributed by atoms with E-state index >= 15 is 0 Å². The summed E-state index contributed by atoms with van der Waals surface area (Å²) >= 11 is 18.6. The molecule has 0 unspecified atom stereocenters. The summed E-state index contributed by atoms with van der Waals surface area (Å²) in [6.07, 6.45) is 3.68. The minimum Gasteiger partial charge on any atom is -0.368 e. The van der Waals surface area contributed by atoms with Crippen LogP contribution in [0.25, 0.3) is 0 Å². The molecule has 0 aliphatic carbocycles. The number of piperazine rings is 1. The molecule has 2 fully saturated rings. The van der Waals surface area contributed by atoms with Crippen molar-refractivity contribution in [1.82, 2.24) is 9.80 Å². The van der Waals surface area contributed by atoms with E-state index in [1.165, 1.54) is 19.3 Å². The van der Waals surface area contributed by atoms with Crippen LogP contribution in [0.4, 0.5) is 5.69 Å². The Morgan fingerprint density at radius 1 is 0.963 bits per heavy atom. The predicted octanol–water partition coefficient (Wildman–Crippen LogP) is 4.46. The summed E-state index contributed by atoms with van der Waals surface area (Å²) in [7, 11) is 0. The predicted molar refractivity (Wildman–Crippen MR) is 115 cm³/mol. The summed E-state index contributed by atoms with van der Waals surface area (Å²) in [5.41, 5.74) is 0.976. The van der Waals surface area contributed by atoms with Crippen molar-refractivity contribution in [3.05, 3.63) is 27.2 Å². The van der Waals surface area contributed by atoms with Crippen molar-refractivity contribution in [3.63, 3.8) is 0 Å². The number of carbonyl (C=O) groups excluding carboxylic acids is 1. The van der Waals surface area contributed by atoms with Gasteiger partial charge in [0, 0.05) is 26.2 Å². The Labute approximate surface area is 177 Å². The second-order valence-electron chi connectivity index (χ2n) is 7.73. The van der Waals surface area contributed by atoms with Crippen molar-refractivity contribution in [2.45, 2.75) is 26.2 Å². The molecule has 27 heavy (non-hydrogen) atoms. The van der Waals surface area contributed by atoms with Crippen molar-refractivity contribution in [2.75, 3.05) is 57.3 Å². The normalized spacial score (nSPS) is 20.2. The lowest BCUT2D eigenvalue weighted by Gasteiger charge is -2.38. The summed E-state index contributed by atoms with van der Waals surface area (Å²) in [6.45, 7) is 9.56. The molecule has 7 heteroatoms. The molecule has 0 spiro atoms. The topological polar surface area (TPSA) is 26.8 Å². The van der Waals surface area contributed by atoms with Crippen molar-refractivity contribution in [1.29, 1.82) is 0 Å². The first kappa shape index (κ1) is 21.2. The minimum absolute atomic E-state index is 0.272. The van der Waals surface area contributed by atoms with Crippen molar-refractivity contribution in [2.24, 2.45) is 5.92 Å². The number of rotatable bonds is 6. The van der Waals surface area contributed by atoms with Gasteiger partial charge >= 0.3 is 0 Å². The average Bonchev–Trinajstić information content (AvgIpc) is 2.66. The van der Waals surface area contributed by atoms with Crippen LogP contribution < -0.4 is 4.90 Å². The molecule has 1 aromatic rings. The molecule has 4 nitrogen and oxygen atoms in total. The van der Waals surface area contributed by atoms with E-state index in [4.69, 9.17) is 34.8 Å². The summed E-state index contributed by atoms with van der Waals surface area (Å²) in [4.78, 5) is 18.4. The van der Waals surface area contributed by atoms with Gasteiger partial charge < -0.3 is 4.90 Å². The van der Waals surface area contributed by atoms with E-state index in [1.54, 1.807) is 6.92 Å². The molecule has 3 rings (SSSR count). The van der Waals surface area contributed by atoms with Gasteiger partial charge in [0.25, 0.3) is 0 Å². The number of nitrogens with zero attached hydrogens (tertiary/aromatic N) is 3. The van der Waals surface area contributed by atoms with Gasteiger partial charge in [0.2, 0.25) is 0 Å². The van der Waals surface area contributed by atoms with Crippen LogP contribution in [0.3, 0.4) is 0 Å². The van der Waals surface area contributed by atoms with Crippen LogP contribution in [0, 0.1) is 5.92 Å². The van der Waals surface area contributed by atoms with E-state index in [9.17, 15) is 4.79 Å². The number of halogens is 3. The first-order valence-electron chi connectivity index (χ1n) is 9.76. The molecule has 0 atom stereocenters. The smallest absolute Gasteiger partial charge is 0.143 e. The highest BCUT2D eigenvalue weighted by Gasteiger charge is 2.23. The molecule has 0 amide bonds. The maximum Gasteiger partial charge on any atom is 0.143 e. The standard InChI is InChI=1S/C20H28Cl3N3O/c1-15(27)14-25-8-5-16(6-9-25)4-7-24-10-12-26(13-11-24)18-3-2-17(21)19(22)20(18)23/h2-3,16H,4-14H2,1H3. The van der Waals surface area contributed by atoms with Gasteiger partial charge in [0.15, 0.2) is 0 Å². The van der Waals surface area contributed by atoms with Gasteiger partial charge in [-0.3, -0.25) is 14.6 Å². The summed E-state index contributed by atoms with van der Waals surface area (Å²) in [5, 5.41) is 1.49. The molecule has 1 aromatic carbocycles. The number of piperidine rings is 1. The quantitative estimate of drug-likeness (QED) is 0.620. The molecular formula is C20H28Cl3N3O. The second-order valence-corrected chi connectivity index (χ2v) is 8.90. The molecule has 0 saturated carbocycles. The zero-order chi connectivity index (χ0) is 19.4. The van der Waals surface area contributed by atoms with Gasteiger partial charge in [-0.25, -0.2) is 0 Å². The lowest BCUT2D eigenvalue weighted by atomic mass is 9.93. The summed E-state index contributed by atoms with van der Waals surface area (Å²) in [6, 6.07) is 3.77. The van der Waals surface area contributed by atoms with Gasteiger partial charge in [-0.1, -0.05) is 34.8 Å². The zero-order valence-corrected chi connectivity index (χ0v) is 18.2. The highest BCUT2D eigenvalue weighted by atomic mass is 35.5. The van der Waals surface area contributed by atoms with Crippen LogP contribution in [0.15, 0.2) is 12.1 Å². The summed E-state index contributed by atoms with van der Waals surface area (Å²) in [5.74, 6) is 1.06. The average molecular weight is 433 g/mol. The number of ketones is 1. The fourth-order valence-electron chi connectivity index (χ4n) is 4.09. The molecule has 2 aliphatic heterocycles. The molecule has 0 radical (unpaired) electrons. The fourth-order valence-corrected chi connectivity index (χ4v) is 4.74. The summed E-state index contributed by atoms with van der Waals surface area (Å²) < 4.78 is 0. The lowest BCUT2D eigenvalue weighted by molar-refractivity contribution is -0.118. The van der Waals surface area contributed by atoms with Crippen LogP contribution in [-0.2, 0) is 4.79 Å². The molecular weight excluding hydrogens is 405 g/mol. The third-order valence-electron chi connectivity index (χ3n) is 5.73. The van der Waals surface area contributed by atoms with Crippen LogP contribution in [0.5, 0.6) is 0 Å². The Kier molecular flexibility index (Phi) is 7.69. The monoisotopic (exact) mass is 431 g/mol. The maximum atomic E-state index is 11.2. The van der Waals surface area contributed by atoms with Crippen LogP contribution >= 0.6 is 34.8 Å². The van der Waals surface area contributed by atoms with Crippen molar-refractivity contribution >= 4 is 46.3 Å². The third kappa shape index (κ3) is 5.74. The van der Waals surface area contributed by atoms with Gasteiger partial charge in [0.1, 0.15) is 5.78 Å². The van der Waals surface area contributed by atoms with Crippen LogP contribution in [0.2, 0.25) is 15.1 Å². The number of anilines is 1. The Hall–Kier alpha value is -0.520. The van der Waals surface area contributed by atoms with E-state index in [0.29, 0.717) is 21.6 Å². The van der Waals surface area contributed by atoms with Crippen molar-refractivity contribution in [3.8, 4) is 0 Å². The number of likely N-dealkylation sites (tertiary alicyclic amines) is 1. The molecule has 2 heterocycles. The van der Waals surface area contributed by atoms with E-state index in [1.807, 2.05) is 12.1 Å². The number of carbonyl (C=O) groups is 1. The van der Waals surface area contributed by atoms with Crippen molar-refractivity contribution < 1.29 is 4.79 Å². The van der Waals surface area contributed by atoms with E-state index < -0.39 is 0 Å². The van der Waals surface area contributed by atoms with E-state index in [0.717, 1.165) is 57.4 Å². The maximum absolute atomic E-state index is 11.2. The molecule has 2 aliphatic rings. The Morgan fingerprint density at radius 3 is 2.26 bits per heavy atom. The number of hydrogen-bond acceptors (Lipinski definition) is 4. The van der Waals surface area contributed by atoms with Crippen LogP contribution in [0.1, 0.15) is 26.2 Å². The second kappa shape index (κ2) is 9.80. The Bertz CT molecular complexity index is 654. The number of hydrogen-bond donors (Lipinski definition) is 0. The number of Topliss-reactive ketones (excluding diaryl/α,β-unsaturated/α-hetero) is 1. The number of benzene rings is 1. The first-order valence-corrected chi connectivity index (χ1v) is 10.9. The molecule has 0 bridgehead atoms. The van der Waals surface area contributed by atoms with Gasteiger partial charge in [-0.2, -0.15) is 0 Å². The molecule has 0 N–H and O–H groups in total. The highest BCUT2D eigenvalue weighted by molar-refractivity contribution is 6.49. The van der Waals surface area contributed by atoms with E-state index in [-0.39, 0.29) is 5.78 Å². The van der Waals surface area contributed by atoms with Gasteiger partial charge in [-0.15, -0.1) is 0 Å². The third-order valence-corrected chi connectivity index (χ3v) is 7.02. The van der Waals surface area contributed by atoms with Crippen LogP contribution in [-0.4, -0.2) is 67.9 Å². The Morgan fingerprint density at radius 2 is 1.63 bits per heavy atom. The molecule has 2 saturated heterocycles. The zero-order valence-electron chi connectivity index (χ0n) is 15.9. The van der Waals surface area contributed by atoms with Gasteiger partial charge in [0.05, 0.1) is 27.3 Å². The molecule has 150 valence electrons. The van der Waals surface area contributed by atoms with E-state index in [2.05, 4.69) is 14.7 Å². The largest absolute Gasteiger partial charge is 0.368 e. The fraction of sp³-hybridized carbons (Fsp3) is 0.650. The molecule has 0 aromatic heterocycles. The SMILES string of the molecule is CC(=O)CN1CCC(CCN2CCN(c3ccc(Cl)c(Cl)c3Cl)CC2)CC1.